The van der Waals surface area contributed by atoms with Gasteiger partial charge in [0.2, 0.25) is 0 Å². The first-order valence-electron chi connectivity index (χ1n) is 8.04. The molecular weight excluding hydrogens is 286 g/mol. The van der Waals surface area contributed by atoms with Crippen molar-refractivity contribution in [2.45, 2.75) is 39.2 Å². The third-order valence-corrected chi connectivity index (χ3v) is 3.74. The van der Waals surface area contributed by atoms with Crippen molar-refractivity contribution in [1.82, 2.24) is 0 Å². The molecule has 0 spiro atoms. The maximum atomic E-state index is 5.97. The van der Waals surface area contributed by atoms with Gasteiger partial charge in [0.1, 0.15) is 17.6 Å². The lowest BCUT2D eigenvalue weighted by Gasteiger charge is -2.20. The molecule has 0 bridgehead atoms. The predicted molar refractivity (Wildman–Crippen MR) is 96.7 cm³/mol. The summed E-state index contributed by atoms with van der Waals surface area (Å²) >= 11 is 0. The fourth-order valence-electron chi connectivity index (χ4n) is 2.35. The maximum absolute atomic E-state index is 5.97. The minimum Gasteiger partial charge on any atom is -0.495 e. The monoisotopic (exact) mass is 313 g/mol. The van der Waals surface area contributed by atoms with Gasteiger partial charge in [0.05, 0.1) is 19.3 Å². The number of methoxy groups -OCH3 is 1. The van der Waals surface area contributed by atoms with Crippen LogP contribution in [0.1, 0.15) is 33.3 Å². The normalized spacial score (nSPS) is 12.6. The van der Waals surface area contributed by atoms with Gasteiger partial charge in [-0.2, -0.15) is 0 Å². The zero-order valence-electron chi connectivity index (χ0n) is 14.7. The summed E-state index contributed by atoms with van der Waals surface area (Å²) in [6.07, 6.45) is 0.0559. The second kappa shape index (κ2) is 7.40. The van der Waals surface area contributed by atoms with Gasteiger partial charge in [0, 0.05) is 0 Å². The van der Waals surface area contributed by atoms with Crippen LogP contribution < -0.4 is 14.8 Å². The van der Waals surface area contributed by atoms with E-state index >= 15 is 0 Å². The molecule has 3 nitrogen and oxygen atoms in total. The van der Waals surface area contributed by atoms with E-state index in [1.54, 1.807) is 7.11 Å². The molecular formula is C20H27NO2. The Kier molecular flexibility index (Phi) is 5.54. The molecule has 0 heterocycles. The number of nitrogens with one attached hydrogen (secondary N) is 1. The van der Waals surface area contributed by atoms with E-state index < -0.39 is 0 Å². The van der Waals surface area contributed by atoms with E-state index in [2.05, 4.69) is 45.1 Å². The van der Waals surface area contributed by atoms with E-state index in [-0.39, 0.29) is 11.5 Å². The summed E-state index contributed by atoms with van der Waals surface area (Å²) in [5.74, 6) is 1.74. The lowest BCUT2D eigenvalue weighted by atomic mass is 9.87. The van der Waals surface area contributed by atoms with E-state index in [0.29, 0.717) is 6.54 Å². The van der Waals surface area contributed by atoms with Gasteiger partial charge < -0.3 is 14.8 Å². The SMILES string of the molecule is COc1ccccc1NCC(C)Oc1ccc(C(C)(C)C)cc1. The highest BCUT2D eigenvalue weighted by atomic mass is 16.5. The van der Waals surface area contributed by atoms with Crippen LogP contribution in [0.4, 0.5) is 5.69 Å². The van der Waals surface area contributed by atoms with Crippen LogP contribution in [0.5, 0.6) is 11.5 Å². The molecule has 2 rings (SSSR count). The standard InChI is InChI=1S/C20H27NO2/c1-15(14-21-18-8-6-7-9-19(18)22-5)23-17-12-10-16(11-13-17)20(2,3)4/h6-13,15,21H,14H2,1-5H3. The van der Waals surface area contributed by atoms with E-state index in [1.807, 2.05) is 36.4 Å². The lowest BCUT2D eigenvalue weighted by molar-refractivity contribution is 0.234. The van der Waals surface area contributed by atoms with E-state index in [1.165, 1.54) is 5.56 Å². The summed E-state index contributed by atoms with van der Waals surface area (Å²) in [6, 6.07) is 16.2. The minimum absolute atomic E-state index is 0.0559. The van der Waals surface area contributed by atoms with Gasteiger partial charge in [-0.25, -0.2) is 0 Å². The molecule has 2 aromatic carbocycles. The number of anilines is 1. The molecule has 23 heavy (non-hydrogen) atoms. The Morgan fingerprint density at radius 2 is 1.65 bits per heavy atom. The summed E-state index contributed by atoms with van der Waals surface area (Å²) in [4.78, 5) is 0. The first-order valence-corrected chi connectivity index (χ1v) is 8.04. The van der Waals surface area contributed by atoms with E-state index in [0.717, 1.165) is 17.2 Å². The fourth-order valence-corrected chi connectivity index (χ4v) is 2.35. The first kappa shape index (κ1) is 17.2. The number of hydrogen-bond donors (Lipinski definition) is 1. The second-order valence-corrected chi connectivity index (χ2v) is 6.78. The van der Waals surface area contributed by atoms with Crippen molar-refractivity contribution in [3.05, 3.63) is 54.1 Å². The Morgan fingerprint density at radius 1 is 1.00 bits per heavy atom. The van der Waals surface area contributed by atoms with Gasteiger partial charge in [-0.05, 0) is 42.2 Å². The molecule has 1 unspecified atom stereocenters. The van der Waals surface area contributed by atoms with Crippen LogP contribution in [-0.2, 0) is 5.41 Å². The van der Waals surface area contributed by atoms with Crippen molar-refractivity contribution in [2.24, 2.45) is 0 Å². The largest absolute Gasteiger partial charge is 0.495 e. The fraction of sp³-hybridized carbons (Fsp3) is 0.400. The predicted octanol–water partition coefficient (Wildman–Crippen LogP) is 4.87. The molecule has 0 saturated carbocycles. The van der Waals surface area contributed by atoms with Gasteiger partial charge in [0.25, 0.3) is 0 Å². The van der Waals surface area contributed by atoms with Gasteiger partial charge in [-0.3, -0.25) is 0 Å². The summed E-state index contributed by atoms with van der Waals surface area (Å²) in [5, 5.41) is 3.37. The molecule has 0 saturated heterocycles. The summed E-state index contributed by atoms with van der Waals surface area (Å²) in [7, 11) is 1.68. The van der Waals surface area contributed by atoms with Crippen molar-refractivity contribution in [3.63, 3.8) is 0 Å². The molecule has 0 aromatic heterocycles. The highest BCUT2D eigenvalue weighted by Crippen LogP contribution is 2.25. The molecule has 1 atom stereocenters. The number of hydrogen-bond acceptors (Lipinski definition) is 3. The van der Waals surface area contributed by atoms with Crippen LogP contribution in [0.25, 0.3) is 0 Å². The molecule has 1 N–H and O–H groups in total. The Balaban J connectivity index is 1.91. The van der Waals surface area contributed by atoms with Crippen LogP contribution in [0, 0.1) is 0 Å². The molecule has 0 aliphatic heterocycles. The van der Waals surface area contributed by atoms with E-state index in [4.69, 9.17) is 9.47 Å². The minimum atomic E-state index is 0.0559. The van der Waals surface area contributed by atoms with Crippen molar-refractivity contribution in [3.8, 4) is 11.5 Å². The van der Waals surface area contributed by atoms with Gasteiger partial charge in [0.15, 0.2) is 0 Å². The molecule has 0 aliphatic rings. The first-order chi connectivity index (χ1) is 10.9. The Bertz CT molecular complexity index is 614. The average Bonchev–Trinajstić information content (AvgIpc) is 2.53. The maximum Gasteiger partial charge on any atom is 0.141 e. The van der Waals surface area contributed by atoms with Gasteiger partial charge in [-0.1, -0.05) is 45.0 Å². The van der Waals surface area contributed by atoms with Crippen LogP contribution in [0.2, 0.25) is 0 Å². The van der Waals surface area contributed by atoms with Crippen molar-refractivity contribution in [1.29, 1.82) is 0 Å². The topological polar surface area (TPSA) is 30.5 Å². The average molecular weight is 313 g/mol. The van der Waals surface area contributed by atoms with Crippen LogP contribution in [0.3, 0.4) is 0 Å². The zero-order valence-corrected chi connectivity index (χ0v) is 14.7. The third-order valence-electron chi connectivity index (χ3n) is 3.74. The molecule has 2 aromatic rings. The molecule has 3 heteroatoms. The zero-order chi connectivity index (χ0) is 16.9. The molecule has 0 amide bonds. The molecule has 0 aliphatic carbocycles. The number of rotatable bonds is 6. The number of para-hydroxylation sites is 2. The Morgan fingerprint density at radius 3 is 2.26 bits per heavy atom. The van der Waals surface area contributed by atoms with Gasteiger partial charge in [-0.15, -0.1) is 0 Å². The van der Waals surface area contributed by atoms with E-state index in [9.17, 15) is 0 Å². The Hall–Kier alpha value is -2.16. The highest BCUT2D eigenvalue weighted by Gasteiger charge is 2.13. The highest BCUT2D eigenvalue weighted by molar-refractivity contribution is 5.56. The van der Waals surface area contributed by atoms with Crippen LogP contribution >= 0.6 is 0 Å². The lowest BCUT2D eigenvalue weighted by Crippen LogP contribution is -2.23. The Labute approximate surface area is 139 Å². The molecule has 124 valence electrons. The third kappa shape index (κ3) is 4.92. The summed E-state index contributed by atoms with van der Waals surface area (Å²) in [5.41, 5.74) is 2.45. The van der Waals surface area contributed by atoms with Crippen LogP contribution in [0.15, 0.2) is 48.5 Å². The van der Waals surface area contributed by atoms with Gasteiger partial charge >= 0.3 is 0 Å². The van der Waals surface area contributed by atoms with Crippen molar-refractivity contribution in [2.75, 3.05) is 19.0 Å². The van der Waals surface area contributed by atoms with Crippen LogP contribution in [-0.4, -0.2) is 19.8 Å². The quantitative estimate of drug-likeness (QED) is 0.825. The van der Waals surface area contributed by atoms with Crippen molar-refractivity contribution < 1.29 is 9.47 Å². The molecule has 0 fully saturated rings. The second-order valence-electron chi connectivity index (χ2n) is 6.78. The van der Waals surface area contributed by atoms with Crippen molar-refractivity contribution >= 4 is 5.69 Å². The number of ether oxygens (including phenoxy) is 2. The number of benzene rings is 2. The molecule has 0 radical (unpaired) electrons. The summed E-state index contributed by atoms with van der Waals surface area (Å²) in [6.45, 7) is 9.40. The smallest absolute Gasteiger partial charge is 0.141 e. The summed E-state index contributed by atoms with van der Waals surface area (Å²) < 4.78 is 11.3.